The molecule has 26 heavy (non-hydrogen) atoms. The lowest BCUT2D eigenvalue weighted by atomic mass is 10.0. The number of benzene rings is 2. The molecular weight excluding hydrogens is 392 g/mol. The fourth-order valence-corrected chi connectivity index (χ4v) is 3.01. The average Bonchev–Trinajstić information content (AvgIpc) is 3.31. The smallest absolute Gasteiger partial charge is 0.160 e. The highest BCUT2D eigenvalue weighted by atomic mass is 79.9. The van der Waals surface area contributed by atoms with Gasteiger partial charge in [0.25, 0.3) is 0 Å². The first-order chi connectivity index (χ1) is 12.7. The molecule has 1 unspecified atom stereocenters. The summed E-state index contributed by atoms with van der Waals surface area (Å²) < 4.78 is 6.43. The van der Waals surface area contributed by atoms with E-state index in [9.17, 15) is 0 Å². The van der Waals surface area contributed by atoms with Crippen molar-refractivity contribution in [3.8, 4) is 11.3 Å². The minimum atomic E-state index is -0.0902. The summed E-state index contributed by atoms with van der Waals surface area (Å²) in [5.74, 6) is 0.690. The molecule has 0 fully saturated rings. The van der Waals surface area contributed by atoms with E-state index in [1.54, 1.807) is 0 Å². The summed E-state index contributed by atoms with van der Waals surface area (Å²) in [6.07, 6.45) is 4.49. The highest BCUT2D eigenvalue weighted by Crippen LogP contribution is 2.23. The standard InChI is InChI=1S/C21H17BrN2O2/c1-14-2-4-15(5-3-14)20-12-18(25-23-20)10-11-19-13-21(24-26-19)16-6-8-17(22)9-7-16/h2-11,13,18H,12H2,1H3/b11-10+. The van der Waals surface area contributed by atoms with Crippen molar-refractivity contribution in [2.75, 3.05) is 0 Å². The van der Waals surface area contributed by atoms with Gasteiger partial charge >= 0.3 is 0 Å². The van der Waals surface area contributed by atoms with Crippen molar-refractivity contribution < 1.29 is 9.36 Å². The SMILES string of the molecule is Cc1ccc(C2=NOC(/C=C/c3cc(-c4ccc(Br)cc4)no3)C2)cc1. The minimum absolute atomic E-state index is 0.0902. The summed E-state index contributed by atoms with van der Waals surface area (Å²) in [5.41, 5.74) is 5.12. The van der Waals surface area contributed by atoms with Crippen molar-refractivity contribution in [3.05, 3.63) is 82.0 Å². The Hall–Kier alpha value is -2.66. The lowest BCUT2D eigenvalue weighted by Crippen LogP contribution is -2.04. The maximum Gasteiger partial charge on any atom is 0.160 e. The van der Waals surface area contributed by atoms with Crippen molar-refractivity contribution in [3.63, 3.8) is 0 Å². The molecule has 0 amide bonds. The van der Waals surface area contributed by atoms with Gasteiger partial charge in [-0.25, -0.2) is 0 Å². The van der Waals surface area contributed by atoms with Crippen LogP contribution in [0.2, 0.25) is 0 Å². The van der Waals surface area contributed by atoms with Crippen LogP contribution in [0.1, 0.15) is 23.3 Å². The maximum atomic E-state index is 5.51. The summed E-state index contributed by atoms with van der Waals surface area (Å²) in [7, 11) is 0. The lowest BCUT2D eigenvalue weighted by molar-refractivity contribution is 0.120. The van der Waals surface area contributed by atoms with Gasteiger partial charge < -0.3 is 9.36 Å². The first-order valence-electron chi connectivity index (χ1n) is 8.38. The van der Waals surface area contributed by atoms with E-state index in [1.807, 2.05) is 42.5 Å². The molecule has 2 aromatic carbocycles. The van der Waals surface area contributed by atoms with E-state index < -0.39 is 0 Å². The van der Waals surface area contributed by atoms with Crippen LogP contribution in [0.5, 0.6) is 0 Å². The molecule has 0 N–H and O–H groups in total. The molecule has 3 aromatic rings. The van der Waals surface area contributed by atoms with Crippen molar-refractivity contribution in [2.45, 2.75) is 19.4 Å². The average molecular weight is 409 g/mol. The molecule has 4 nitrogen and oxygen atoms in total. The second kappa shape index (κ2) is 7.30. The van der Waals surface area contributed by atoms with Crippen LogP contribution in [0.15, 0.2) is 74.8 Å². The molecule has 5 heteroatoms. The van der Waals surface area contributed by atoms with Gasteiger partial charge in [-0.2, -0.15) is 0 Å². The molecule has 0 aliphatic carbocycles. The van der Waals surface area contributed by atoms with E-state index in [2.05, 4.69) is 57.4 Å². The fourth-order valence-electron chi connectivity index (χ4n) is 2.74. The summed E-state index contributed by atoms with van der Waals surface area (Å²) in [5, 5.41) is 8.33. The molecule has 1 aromatic heterocycles. The molecule has 2 heterocycles. The Kier molecular flexibility index (Phi) is 4.71. The van der Waals surface area contributed by atoms with E-state index in [1.165, 1.54) is 5.56 Å². The van der Waals surface area contributed by atoms with E-state index in [0.717, 1.165) is 33.4 Å². The molecule has 0 saturated carbocycles. The van der Waals surface area contributed by atoms with Gasteiger partial charge in [0.1, 0.15) is 5.69 Å². The van der Waals surface area contributed by atoms with Gasteiger partial charge in [0.2, 0.25) is 0 Å². The van der Waals surface area contributed by atoms with Gasteiger partial charge in [-0.3, -0.25) is 0 Å². The van der Waals surface area contributed by atoms with E-state index in [-0.39, 0.29) is 6.10 Å². The number of aromatic nitrogens is 1. The Morgan fingerprint density at radius 2 is 1.77 bits per heavy atom. The summed E-state index contributed by atoms with van der Waals surface area (Å²) >= 11 is 3.43. The minimum Gasteiger partial charge on any atom is -0.388 e. The molecule has 1 aliphatic rings. The molecule has 0 radical (unpaired) electrons. The third-order valence-corrected chi connectivity index (χ3v) is 4.75. The predicted molar refractivity (Wildman–Crippen MR) is 106 cm³/mol. The third-order valence-electron chi connectivity index (χ3n) is 4.22. The van der Waals surface area contributed by atoms with Crippen LogP contribution in [-0.4, -0.2) is 17.0 Å². The van der Waals surface area contributed by atoms with Gasteiger partial charge in [-0.15, -0.1) is 0 Å². The number of oxime groups is 1. The van der Waals surface area contributed by atoms with Gasteiger partial charge in [-0.1, -0.05) is 68.2 Å². The van der Waals surface area contributed by atoms with E-state index >= 15 is 0 Å². The molecule has 0 spiro atoms. The second-order valence-corrected chi connectivity index (χ2v) is 7.15. The monoisotopic (exact) mass is 408 g/mol. The highest BCUT2D eigenvalue weighted by Gasteiger charge is 2.19. The first-order valence-corrected chi connectivity index (χ1v) is 9.17. The largest absolute Gasteiger partial charge is 0.388 e. The Bertz CT molecular complexity index is 956. The van der Waals surface area contributed by atoms with Gasteiger partial charge in [0, 0.05) is 22.5 Å². The van der Waals surface area contributed by atoms with Crippen molar-refractivity contribution in [1.29, 1.82) is 0 Å². The zero-order chi connectivity index (χ0) is 17.9. The molecule has 1 atom stereocenters. The Balaban J connectivity index is 1.40. The van der Waals surface area contributed by atoms with Crippen LogP contribution in [0.3, 0.4) is 0 Å². The molecule has 4 rings (SSSR count). The number of rotatable bonds is 4. The zero-order valence-electron chi connectivity index (χ0n) is 14.2. The molecule has 0 bridgehead atoms. The van der Waals surface area contributed by atoms with Crippen LogP contribution < -0.4 is 0 Å². The summed E-state index contributed by atoms with van der Waals surface area (Å²) in [6.45, 7) is 2.07. The van der Waals surface area contributed by atoms with Crippen LogP contribution in [0.4, 0.5) is 0 Å². The fraction of sp³-hybridized carbons (Fsp3) is 0.143. The van der Waals surface area contributed by atoms with Crippen LogP contribution in [-0.2, 0) is 4.84 Å². The van der Waals surface area contributed by atoms with Crippen LogP contribution >= 0.6 is 15.9 Å². The highest BCUT2D eigenvalue weighted by molar-refractivity contribution is 9.10. The number of hydrogen-bond acceptors (Lipinski definition) is 4. The predicted octanol–water partition coefficient (Wildman–Crippen LogP) is 5.62. The maximum absolute atomic E-state index is 5.51. The lowest BCUT2D eigenvalue weighted by Gasteiger charge is -2.00. The molecule has 130 valence electrons. The molecule has 0 saturated heterocycles. The Morgan fingerprint density at radius 1 is 1.04 bits per heavy atom. The van der Waals surface area contributed by atoms with Crippen molar-refractivity contribution in [1.82, 2.24) is 5.16 Å². The van der Waals surface area contributed by atoms with Crippen molar-refractivity contribution >= 4 is 27.7 Å². The number of halogens is 1. The topological polar surface area (TPSA) is 47.6 Å². The second-order valence-electron chi connectivity index (χ2n) is 6.23. The van der Waals surface area contributed by atoms with Gasteiger partial charge in [0.05, 0.1) is 5.71 Å². The number of hydrogen-bond donors (Lipinski definition) is 0. The summed E-state index contributed by atoms with van der Waals surface area (Å²) in [4.78, 5) is 5.51. The Morgan fingerprint density at radius 3 is 2.54 bits per heavy atom. The molecular formula is C21H17BrN2O2. The Labute approximate surface area is 160 Å². The normalized spacial score (nSPS) is 16.7. The third kappa shape index (κ3) is 3.78. The van der Waals surface area contributed by atoms with Crippen LogP contribution in [0, 0.1) is 6.92 Å². The zero-order valence-corrected chi connectivity index (χ0v) is 15.8. The molecule has 1 aliphatic heterocycles. The first kappa shape index (κ1) is 16.8. The van der Waals surface area contributed by atoms with E-state index in [0.29, 0.717) is 5.76 Å². The summed E-state index contributed by atoms with van der Waals surface area (Å²) in [6, 6.07) is 18.2. The van der Waals surface area contributed by atoms with Crippen LogP contribution in [0.25, 0.3) is 17.3 Å². The van der Waals surface area contributed by atoms with E-state index in [4.69, 9.17) is 9.36 Å². The number of nitrogens with zero attached hydrogens (tertiary/aromatic N) is 2. The number of aryl methyl sites for hydroxylation is 1. The quantitative estimate of drug-likeness (QED) is 0.562. The van der Waals surface area contributed by atoms with Gasteiger partial charge in [-0.05, 0) is 36.8 Å². The van der Waals surface area contributed by atoms with Gasteiger partial charge in [0.15, 0.2) is 11.9 Å². The van der Waals surface area contributed by atoms with Crippen molar-refractivity contribution in [2.24, 2.45) is 5.16 Å².